The SMILES string of the molecule is Cc1cccc(C=C(S)c2nc(C(Cl)(Cl)Cl)nc(C(Cl)(Cl)Cl)n2)c1. The Morgan fingerprint density at radius 1 is 0.958 bits per heavy atom. The summed E-state index contributed by atoms with van der Waals surface area (Å²) in [7, 11) is 0. The first kappa shape index (κ1) is 20.4. The third-order valence-electron chi connectivity index (χ3n) is 2.72. The van der Waals surface area contributed by atoms with Crippen molar-refractivity contribution >= 4 is 93.2 Å². The molecule has 10 heteroatoms. The largest absolute Gasteiger partial charge is 0.250 e. The van der Waals surface area contributed by atoms with Gasteiger partial charge in [0.05, 0.1) is 0 Å². The summed E-state index contributed by atoms with van der Waals surface area (Å²) in [5, 5.41) is 0. The molecule has 0 aliphatic rings. The summed E-state index contributed by atoms with van der Waals surface area (Å²) in [6.45, 7) is 1.97. The van der Waals surface area contributed by atoms with E-state index < -0.39 is 7.59 Å². The Morgan fingerprint density at radius 3 is 1.96 bits per heavy atom. The maximum atomic E-state index is 5.84. The van der Waals surface area contributed by atoms with E-state index in [1.54, 1.807) is 6.08 Å². The molecule has 0 amide bonds. The van der Waals surface area contributed by atoms with Crippen LogP contribution in [0, 0.1) is 6.92 Å². The number of nitrogens with zero attached hydrogens (tertiary/aromatic N) is 3. The molecular weight excluding hydrogens is 455 g/mol. The van der Waals surface area contributed by atoms with Crippen molar-refractivity contribution in [2.24, 2.45) is 0 Å². The van der Waals surface area contributed by atoms with Crippen LogP contribution in [0.2, 0.25) is 0 Å². The molecule has 0 spiro atoms. The van der Waals surface area contributed by atoms with Crippen molar-refractivity contribution in [2.45, 2.75) is 14.5 Å². The van der Waals surface area contributed by atoms with Crippen LogP contribution in [0.4, 0.5) is 0 Å². The predicted molar refractivity (Wildman–Crippen MR) is 106 cm³/mol. The second-order valence-electron chi connectivity index (χ2n) is 4.75. The summed E-state index contributed by atoms with van der Waals surface area (Å²) in [4.78, 5) is 12.5. The van der Waals surface area contributed by atoms with E-state index in [-0.39, 0.29) is 17.5 Å². The second-order valence-corrected chi connectivity index (χ2v) is 9.79. The monoisotopic (exact) mass is 461 g/mol. The van der Waals surface area contributed by atoms with Crippen LogP contribution in [0.15, 0.2) is 24.3 Å². The molecule has 0 unspecified atom stereocenters. The summed E-state index contributed by atoms with van der Waals surface area (Å²) in [5.41, 5.74) is 1.98. The van der Waals surface area contributed by atoms with E-state index in [0.717, 1.165) is 11.1 Å². The number of halogens is 6. The molecule has 1 aromatic heterocycles. The first-order chi connectivity index (χ1) is 11.0. The quantitative estimate of drug-likeness (QED) is 0.422. The van der Waals surface area contributed by atoms with E-state index >= 15 is 0 Å². The topological polar surface area (TPSA) is 38.7 Å². The van der Waals surface area contributed by atoms with Gasteiger partial charge in [-0.3, -0.25) is 0 Å². The average Bonchev–Trinajstić information content (AvgIpc) is 2.45. The van der Waals surface area contributed by atoms with Crippen LogP contribution in [0.5, 0.6) is 0 Å². The molecule has 1 heterocycles. The lowest BCUT2D eigenvalue weighted by atomic mass is 10.1. The second kappa shape index (κ2) is 7.75. The van der Waals surface area contributed by atoms with E-state index in [9.17, 15) is 0 Å². The number of hydrogen-bond donors (Lipinski definition) is 1. The van der Waals surface area contributed by atoms with Crippen LogP contribution in [0.1, 0.15) is 28.6 Å². The zero-order chi connectivity index (χ0) is 18.1. The lowest BCUT2D eigenvalue weighted by Crippen LogP contribution is -2.17. The lowest BCUT2D eigenvalue weighted by molar-refractivity contribution is 0.834. The van der Waals surface area contributed by atoms with E-state index in [0.29, 0.717) is 4.91 Å². The number of thiol groups is 1. The van der Waals surface area contributed by atoms with E-state index in [4.69, 9.17) is 69.6 Å². The molecule has 0 N–H and O–H groups in total. The highest BCUT2D eigenvalue weighted by molar-refractivity contribution is 7.90. The summed E-state index contributed by atoms with van der Waals surface area (Å²) in [5.74, 6) is -0.205. The van der Waals surface area contributed by atoms with Gasteiger partial charge < -0.3 is 0 Å². The molecule has 0 atom stereocenters. The fourth-order valence-corrected chi connectivity index (χ4v) is 2.48. The van der Waals surface area contributed by atoms with Gasteiger partial charge in [-0.1, -0.05) is 99.4 Å². The number of aromatic nitrogens is 3. The Balaban J connectivity index is 2.56. The molecule has 1 aromatic carbocycles. The zero-order valence-corrected chi connectivity index (χ0v) is 17.4. The summed E-state index contributed by atoms with van der Waals surface area (Å²) in [6, 6.07) is 7.74. The van der Waals surface area contributed by atoms with Crippen LogP contribution < -0.4 is 0 Å². The zero-order valence-electron chi connectivity index (χ0n) is 11.9. The standard InChI is InChI=1S/C14H9Cl6N3S/c1-7-3-2-4-8(5-7)6-9(24)10-21-11(13(15,16)17)23-12(22-10)14(18,19)20/h2-6,24H,1H3. The van der Waals surface area contributed by atoms with Crippen molar-refractivity contribution in [3.8, 4) is 0 Å². The van der Waals surface area contributed by atoms with Crippen LogP contribution in [-0.4, -0.2) is 15.0 Å². The van der Waals surface area contributed by atoms with Gasteiger partial charge in [0, 0.05) is 4.91 Å². The summed E-state index contributed by atoms with van der Waals surface area (Å²) < 4.78 is -3.81. The molecule has 0 bridgehead atoms. The van der Waals surface area contributed by atoms with Crippen molar-refractivity contribution in [3.05, 3.63) is 52.9 Å². The van der Waals surface area contributed by atoms with E-state index in [1.807, 2.05) is 31.2 Å². The number of alkyl halides is 6. The van der Waals surface area contributed by atoms with Crippen molar-refractivity contribution < 1.29 is 0 Å². The van der Waals surface area contributed by atoms with Gasteiger partial charge in [0.15, 0.2) is 17.5 Å². The molecule has 0 saturated carbocycles. The minimum Gasteiger partial charge on any atom is -0.209 e. The summed E-state index contributed by atoms with van der Waals surface area (Å²) >= 11 is 39.5. The minimum atomic E-state index is -1.90. The highest BCUT2D eigenvalue weighted by Gasteiger charge is 2.34. The average molecular weight is 464 g/mol. The third kappa shape index (κ3) is 5.53. The third-order valence-corrected chi connectivity index (χ3v) is 4.06. The maximum Gasteiger partial charge on any atom is 0.250 e. The van der Waals surface area contributed by atoms with Gasteiger partial charge >= 0.3 is 0 Å². The van der Waals surface area contributed by atoms with Crippen LogP contribution in [0.3, 0.4) is 0 Å². The molecular formula is C14H9Cl6N3S. The van der Waals surface area contributed by atoms with Crippen molar-refractivity contribution in [3.63, 3.8) is 0 Å². The Kier molecular flexibility index (Phi) is 6.58. The molecule has 0 radical (unpaired) electrons. The minimum absolute atomic E-state index is 0.123. The van der Waals surface area contributed by atoms with Gasteiger partial charge in [-0.2, -0.15) is 0 Å². The first-order valence-corrected chi connectivity index (χ1v) is 9.06. The Morgan fingerprint density at radius 2 is 1.50 bits per heavy atom. The number of hydrogen-bond acceptors (Lipinski definition) is 4. The normalized spacial score (nSPS) is 13.2. The fourth-order valence-electron chi connectivity index (χ4n) is 1.73. The first-order valence-electron chi connectivity index (χ1n) is 6.35. The predicted octanol–water partition coefficient (Wildman–Crippen LogP) is 6.26. The van der Waals surface area contributed by atoms with Gasteiger partial charge in [-0.15, -0.1) is 12.6 Å². The van der Waals surface area contributed by atoms with Crippen LogP contribution in [0.25, 0.3) is 11.0 Å². The number of rotatable bonds is 2. The summed E-state index contributed by atoms with van der Waals surface area (Å²) in [6.07, 6.45) is 1.75. The molecule has 0 aliphatic carbocycles. The molecule has 3 nitrogen and oxygen atoms in total. The van der Waals surface area contributed by atoms with Crippen LogP contribution in [-0.2, 0) is 7.59 Å². The Hall–Kier alpha value is 0.0600. The maximum absolute atomic E-state index is 5.84. The Bertz CT molecular complexity index is 751. The van der Waals surface area contributed by atoms with Gasteiger partial charge in [0.2, 0.25) is 7.59 Å². The van der Waals surface area contributed by atoms with E-state index in [2.05, 4.69) is 27.6 Å². The van der Waals surface area contributed by atoms with Gasteiger partial charge in [-0.25, -0.2) is 15.0 Å². The van der Waals surface area contributed by atoms with E-state index in [1.165, 1.54) is 0 Å². The van der Waals surface area contributed by atoms with Crippen molar-refractivity contribution in [1.82, 2.24) is 15.0 Å². The van der Waals surface area contributed by atoms with Gasteiger partial charge in [-0.05, 0) is 18.6 Å². The van der Waals surface area contributed by atoms with Gasteiger partial charge in [0.25, 0.3) is 0 Å². The van der Waals surface area contributed by atoms with Crippen molar-refractivity contribution in [2.75, 3.05) is 0 Å². The molecule has 2 rings (SSSR count). The van der Waals surface area contributed by atoms with Crippen molar-refractivity contribution in [1.29, 1.82) is 0 Å². The smallest absolute Gasteiger partial charge is 0.209 e. The highest BCUT2D eigenvalue weighted by atomic mass is 35.6. The molecule has 24 heavy (non-hydrogen) atoms. The molecule has 0 fully saturated rings. The fraction of sp³-hybridized carbons (Fsp3) is 0.214. The lowest BCUT2D eigenvalue weighted by Gasteiger charge is -2.15. The number of aryl methyl sites for hydroxylation is 1. The molecule has 128 valence electrons. The Labute approximate surface area is 174 Å². The molecule has 0 saturated heterocycles. The number of benzene rings is 1. The highest BCUT2D eigenvalue weighted by Crippen LogP contribution is 2.40. The van der Waals surface area contributed by atoms with Crippen LogP contribution >= 0.6 is 82.2 Å². The van der Waals surface area contributed by atoms with Gasteiger partial charge in [0.1, 0.15) is 0 Å². The molecule has 0 aliphatic heterocycles. The molecule has 2 aromatic rings.